The molecule has 6 heteroatoms. The second-order valence-electron chi connectivity index (χ2n) is 6.15. The molecule has 124 valence electrons. The summed E-state index contributed by atoms with van der Waals surface area (Å²) >= 11 is 0. The molecule has 0 amide bonds. The van der Waals surface area contributed by atoms with E-state index in [4.69, 9.17) is 9.47 Å². The van der Waals surface area contributed by atoms with E-state index in [9.17, 15) is 4.79 Å². The minimum atomic E-state index is -0.537. The zero-order valence-electron chi connectivity index (χ0n) is 14.0. The van der Waals surface area contributed by atoms with Crippen molar-refractivity contribution in [3.05, 3.63) is 42.1 Å². The highest BCUT2D eigenvalue weighted by Crippen LogP contribution is 2.21. The first-order valence-corrected chi connectivity index (χ1v) is 7.54. The highest BCUT2D eigenvalue weighted by Gasteiger charge is 2.20. The predicted octanol–water partition coefficient (Wildman–Crippen LogP) is 2.87. The van der Waals surface area contributed by atoms with Crippen LogP contribution in [0.4, 0.5) is 5.82 Å². The Morgan fingerprint density at radius 1 is 1.26 bits per heavy atom. The average molecular weight is 317 g/mol. The van der Waals surface area contributed by atoms with E-state index in [1.807, 2.05) is 46.1 Å². The van der Waals surface area contributed by atoms with Crippen molar-refractivity contribution >= 4 is 11.8 Å². The number of aromatic nitrogens is 2. The fourth-order valence-electron chi connectivity index (χ4n) is 1.94. The highest BCUT2D eigenvalue weighted by atomic mass is 16.6. The van der Waals surface area contributed by atoms with E-state index in [1.165, 1.54) is 0 Å². The maximum Gasteiger partial charge on any atom is 0.342 e. The second kappa shape index (κ2) is 7.17. The molecule has 2 aromatic rings. The lowest BCUT2D eigenvalue weighted by molar-refractivity contribution is 0.00659. The fourth-order valence-corrected chi connectivity index (χ4v) is 1.94. The van der Waals surface area contributed by atoms with E-state index in [2.05, 4.69) is 10.4 Å². The van der Waals surface area contributed by atoms with Gasteiger partial charge in [-0.15, -0.1) is 0 Å². The lowest BCUT2D eigenvalue weighted by Crippen LogP contribution is -2.24. The van der Waals surface area contributed by atoms with Crippen molar-refractivity contribution in [2.45, 2.75) is 26.4 Å². The van der Waals surface area contributed by atoms with Crippen molar-refractivity contribution in [1.82, 2.24) is 9.78 Å². The Hall–Kier alpha value is -2.50. The third-order valence-corrected chi connectivity index (χ3v) is 2.89. The highest BCUT2D eigenvalue weighted by molar-refractivity contribution is 5.92. The normalized spacial score (nSPS) is 11.1. The molecule has 1 N–H and O–H groups in total. The molecule has 0 fully saturated rings. The van der Waals surface area contributed by atoms with Gasteiger partial charge in [0.2, 0.25) is 0 Å². The first-order chi connectivity index (χ1) is 10.8. The molecular formula is C17H23N3O3. The number of para-hydroxylation sites is 1. The number of nitrogens with zero attached hydrogens (tertiary/aromatic N) is 2. The van der Waals surface area contributed by atoms with Crippen LogP contribution in [-0.2, 0) is 11.8 Å². The zero-order valence-corrected chi connectivity index (χ0v) is 14.0. The summed E-state index contributed by atoms with van der Waals surface area (Å²) in [4.78, 5) is 12.2. The smallest absolute Gasteiger partial charge is 0.342 e. The van der Waals surface area contributed by atoms with E-state index < -0.39 is 5.60 Å². The summed E-state index contributed by atoms with van der Waals surface area (Å²) in [6.45, 7) is 6.51. The van der Waals surface area contributed by atoms with Gasteiger partial charge in [0.1, 0.15) is 29.3 Å². The monoisotopic (exact) mass is 317 g/mol. The van der Waals surface area contributed by atoms with Crippen molar-refractivity contribution in [1.29, 1.82) is 0 Å². The first-order valence-electron chi connectivity index (χ1n) is 7.54. The molecule has 1 heterocycles. The van der Waals surface area contributed by atoms with E-state index in [0.29, 0.717) is 24.5 Å². The minimum absolute atomic E-state index is 0.384. The van der Waals surface area contributed by atoms with Gasteiger partial charge in [0.05, 0.1) is 6.54 Å². The van der Waals surface area contributed by atoms with Crippen LogP contribution < -0.4 is 10.1 Å². The average Bonchev–Trinajstić information content (AvgIpc) is 2.88. The molecular weight excluding hydrogens is 294 g/mol. The SMILES string of the molecule is Cn1ccc(NCCOc2ccccc2C(=O)OC(C)(C)C)n1. The van der Waals surface area contributed by atoms with Gasteiger partial charge < -0.3 is 14.8 Å². The van der Waals surface area contributed by atoms with Crippen molar-refractivity contribution in [2.75, 3.05) is 18.5 Å². The number of hydrogen-bond acceptors (Lipinski definition) is 5. The topological polar surface area (TPSA) is 65.4 Å². The number of rotatable bonds is 6. The molecule has 0 radical (unpaired) electrons. The maximum atomic E-state index is 12.2. The molecule has 0 aliphatic rings. The molecule has 0 bridgehead atoms. The lowest BCUT2D eigenvalue weighted by atomic mass is 10.1. The van der Waals surface area contributed by atoms with Crippen LogP contribution in [0.15, 0.2) is 36.5 Å². The zero-order chi connectivity index (χ0) is 16.9. The Balaban J connectivity index is 1.91. The molecule has 1 aromatic heterocycles. The van der Waals surface area contributed by atoms with E-state index in [1.54, 1.807) is 22.9 Å². The standard InChI is InChI=1S/C17H23N3O3/c1-17(2,3)23-16(21)13-7-5-6-8-14(13)22-12-10-18-15-9-11-20(4)19-15/h5-9,11H,10,12H2,1-4H3,(H,18,19). The van der Waals surface area contributed by atoms with Crippen LogP contribution in [-0.4, -0.2) is 34.5 Å². The molecule has 0 unspecified atom stereocenters. The molecule has 0 atom stereocenters. The summed E-state index contributed by atoms with van der Waals surface area (Å²) in [7, 11) is 1.86. The molecule has 0 aliphatic carbocycles. The Morgan fingerprint density at radius 3 is 2.65 bits per heavy atom. The van der Waals surface area contributed by atoms with Gasteiger partial charge in [-0.3, -0.25) is 4.68 Å². The van der Waals surface area contributed by atoms with E-state index >= 15 is 0 Å². The third-order valence-electron chi connectivity index (χ3n) is 2.89. The molecule has 6 nitrogen and oxygen atoms in total. The van der Waals surface area contributed by atoms with Gasteiger partial charge in [0.25, 0.3) is 0 Å². The summed E-state index contributed by atoms with van der Waals surface area (Å²) < 4.78 is 12.8. The van der Waals surface area contributed by atoms with Crippen LogP contribution in [0.1, 0.15) is 31.1 Å². The van der Waals surface area contributed by atoms with Gasteiger partial charge >= 0.3 is 5.97 Å². The van der Waals surface area contributed by atoms with Gasteiger partial charge in [0, 0.05) is 19.3 Å². The number of benzene rings is 1. The van der Waals surface area contributed by atoms with Gasteiger partial charge in [-0.2, -0.15) is 5.10 Å². The minimum Gasteiger partial charge on any atom is -0.491 e. The van der Waals surface area contributed by atoms with E-state index in [-0.39, 0.29) is 5.97 Å². The molecule has 2 rings (SSSR count). The summed E-state index contributed by atoms with van der Waals surface area (Å²) in [6, 6.07) is 8.97. The van der Waals surface area contributed by atoms with Crippen molar-refractivity contribution < 1.29 is 14.3 Å². The number of esters is 1. The molecule has 0 spiro atoms. The largest absolute Gasteiger partial charge is 0.491 e. The number of nitrogens with one attached hydrogen (secondary N) is 1. The van der Waals surface area contributed by atoms with Crippen LogP contribution in [0.2, 0.25) is 0 Å². The molecule has 23 heavy (non-hydrogen) atoms. The van der Waals surface area contributed by atoms with Gasteiger partial charge in [-0.25, -0.2) is 4.79 Å². The number of carbonyl (C=O) groups is 1. The fraction of sp³-hybridized carbons (Fsp3) is 0.412. The van der Waals surface area contributed by atoms with Gasteiger partial charge in [-0.05, 0) is 32.9 Å². The summed E-state index contributed by atoms with van der Waals surface area (Å²) in [5.41, 5.74) is -0.106. The van der Waals surface area contributed by atoms with Gasteiger partial charge in [0.15, 0.2) is 0 Å². The van der Waals surface area contributed by atoms with Crippen LogP contribution in [0.25, 0.3) is 0 Å². The predicted molar refractivity (Wildman–Crippen MR) is 88.8 cm³/mol. The number of anilines is 1. The first kappa shape index (κ1) is 16.9. The van der Waals surface area contributed by atoms with Crippen LogP contribution in [0.3, 0.4) is 0 Å². The van der Waals surface area contributed by atoms with Crippen molar-refractivity contribution in [3.8, 4) is 5.75 Å². The second-order valence-corrected chi connectivity index (χ2v) is 6.15. The number of ether oxygens (including phenoxy) is 2. The molecule has 0 saturated heterocycles. The Kier molecular flexibility index (Phi) is 5.26. The Labute approximate surface area is 136 Å². The lowest BCUT2D eigenvalue weighted by Gasteiger charge is -2.20. The summed E-state index contributed by atoms with van der Waals surface area (Å²) in [5.74, 6) is 0.923. The molecule has 1 aromatic carbocycles. The van der Waals surface area contributed by atoms with Crippen LogP contribution in [0.5, 0.6) is 5.75 Å². The number of carbonyl (C=O) groups excluding carboxylic acids is 1. The molecule has 0 aliphatic heterocycles. The Morgan fingerprint density at radius 2 is 2.00 bits per heavy atom. The molecule has 0 saturated carbocycles. The summed E-state index contributed by atoms with van der Waals surface area (Å²) in [5, 5.41) is 7.37. The Bertz CT molecular complexity index is 659. The number of aryl methyl sites for hydroxylation is 1. The van der Waals surface area contributed by atoms with E-state index in [0.717, 1.165) is 5.82 Å². The van der Waals surface area contributed by atoms with Crippen LogP contribution >= 0.6 is 0 Å². The van der Waals surface area contributed by atoms with Crippen LogP contribution in [0, 0.1) is 0 Å². The third kappa shape index (κ3) is 5.32. The number of hydrogen-bond donors (Lipinski definition) is 1. The van der Waals surface area contributed by atoms with Gasteiger partial charge in [-0.1, -0.05) is 12.1 Å². The summed E-state index contributed by atoms with van der Waals surface area (Å²) in [6.07, 6.45) is 1.86. The van der Waals surface area contributed by atoms with Crippen molar-refractivity contribution in [3.63, 3.8) is 0 Å². The quantitative estimate of drug-likeness (QED) is 0.655. The maximum absolute atomic E-state index is 12.2. The van der Waals surface area contributed by atoms with Crippen molar-refractivity contribution in [2.24, 2.45) is 7.05 Å².